The van der Waals surface area contributed by atoms with Crippen LogP contribution < -0.4 is 11.1 Å². The Morgan fingerprint density at radius 2 is 2.10 bits per heavy atom. The molecule has 0 spiro atoms. The number of nitrogens with two attached hydrogens (primary N) is 1. The number of amides is 1. The number of sulfone groups is 1. The van der Waals surface area contributed by atoms with E-state index < -0.39 is 15.7 Å². The molecule has 0 heterocycles. The predicted molar refractivity (Wildman–Crippen MR) is 79.0 cm³/mol. The maximum absolute atomic E-state index is 12.1. The number of benzene rings is 1. The summed E-state index contributed by atoms with van der Waals surface area (Å²) < 4.78 is 23.0. The molecule has 1 amide bonds. The summed E-state index contributed by atoms with van der Waals surface area (Å²) in [4.78, 5) is 12.1. The van der Waals surface area contributed by atoms with E-state index >= 15 is 0 Å². The van der Waals surface area contributed by atoms with Crippen molar-refractivity contribution in [3.8, 4) is 12.3 Å². The molecule has 0 saturated carbocycles. The van der Waals surface area contributed by atoms with E-state index in [2.05, 4.69) is 11.2 Å². The van der Waals surface area contributed by atoms with Gasteiger partial charge in [-0.3, -0.25) is 4.79 Å². The van der Waals surface area contributed by atoms with E-state index in [9.17, 15) is 13.2 Å². The zero-order valence-corrected chi connectivity index (χ0v) is 12.3. The van der Waals surface area contributed by atoms with E-state index in [0.29, 0.717) is 6.42 Å². The Labute approximate surface area is 119 Å². The summed E-state index contributed by atoms with van der Waals surface area (Å²) in [6, 6.07) is 3.65. The van der Waals surface area contributed by atoms with Crippen LogP contribution in [0.3, 0.4) is 0 Å². The number of carbonyl (C=O) groups is 1. The third-order valence-corrected chi connectivity index (χ3v) is 3.80. The Morgan fingerprint density at radius 1 is 1.45 bits per heavy atom. The number of rotatable bonds is 5. The van der Waals surface area contributed by atoms with Crippen LogP contribution in [0.2, 0.25) is 0 Å². The molecule has 1 unspecified atom stereocenters. The molecule has 6 heteroatoms. The standard InChI is InChI=1S/C14H18N2O3S/c1-4-6-12(5-2)16-14(17)10-7-11(15)9-13(8-10)20(3,18)19/h2,7-9,12H,4,6,15H2,1,3H3,(H,16,17). The van der Waals surface area contributed by atoms with Crippen LogP contribution in [0, 0.1) is 12.3 Å². The molecule has 1 aromatic carbocycles. The Kier molecular flexibility index (Phi) is 5.17. The quantitative estimate of drug-likeness (QED) is 0.631. The van der Waals surface area contributed by atoms with Gasteiger partial charge in [-0.1, -0.05) is 19.3 Å². The number of anilines is 1. The first-order valence-corrected chi connectivity index (χ1v) is 8.04. The topological polar surface area (TPSA) is 89.3 Å². The number of hydrogen-bond acceptors (Lipinski definition) is 4. The number of nitrogens with one attached hydrogen (secondary N) is 1. The summed E-state index contributed by atoms with van der Waals surface area (Å²) in [6.07, 6.45) is 7.88. The van der Waals surface area contributed by atoms with Crippen molar-refractivity contribution in [3.05, 3.63) is 23.8 Å². The Hall–Kier alpha value is -2.00. The first kappa shape index (κ1) is 16.1. The molecule has 1 atom stereocenters. The largest absolute Gasteiger partial charge is 0.399 e. The number of terminal acetylenes is 1. The molecule has 20 heavy (non-hydrogen) atoms. The summed E-state index contributed by atoms with van der Waals surface area (Å²) in [5.74, 6) is 2.05. The highest BCUT2D eigenvalue weighted by Gasteiger charge is 2.15. The van der Waals surface area contributed by atoms with Gasteiger partial charge in [-0.25, -0.2) is 8.42 Å². The second-order valence-corrected chi connectivity index (χ2v) is 6.56. The monoisotopic (exact) mass is 294 g/mol. The van der Waals surface area contributed by atoms with Crippen LogP contribution in [0.5, 0.6) is 0 Å². The van der Waals surface area contributed by atoms with Crippen LogP contribution in [-0.2, 0) is 9.84 Å². The van der Waals surface area contributed by atoms with Crippen molar-refractivity contribution >= 4 is 21.4 Å². The molecule has 108 valence electrons. The zero-order chi connectivity index (χ0) is 15.3. The van der Waals surface area contributed by atoms with Crippen molar-refractivity contribution in [2.24, 2.45) is 0 Å². The number of nitrogen functional groups attached to an aromatic ring is 1. The smallest absolute Gasteiger partial charge is 0.252 e. The highest BCUT2D eigenvalue weighted by atomic mass is 32.2. The van der Waals surface area contributed by atoms with Crippen molar-refractivity contribution in [3.63, 3.8) is 0 Å². The molecule has 0 aliphatic rings. The van der Waals surface area contributed by atoms with Gasteiger partial charge in [0.1, 0.15) is 0 Å². The Balaban J connectivity index is 3.05. The highest BCUT2D eigenvalue weighted by Crippen LogP contribution is 2.17. The maximum atomic E-state index is 12.1. The lowest BCUT2D eigenvalue weighted by atomic mass is 10.1. The van der Waals surface area contributed by atoms with Gasteiger partial charge < -0.3 is 11.1 Å². The first-order chi connectivity index (χ1) is 9.27. The molecular formula is C14H18N2O3S. The zero-order valence-electron chi connectivity index (χ0n) is 11.5. The van der Waals surface area contributed by atoms with Crippen LogP contribution in [0.1, 0.15) is 30.1 Å². The van der Waals surface area contributed by atoms with Crippen molar-refractivity contribution in [1.29, 1.82) is 0 Å². The SMILES string of the molecule is C#CC(CCC)NC(=O)c1cc(N)cc(S(C)(=O)=O)c1. The highest BCUT2D eigenvalue weighted by molar-refractivity contribution is 7.90. The minimum Gasteiger partial charge on any atom is -0.399 e. The molecule has 0 aliphatic carbocycles. The van der Waals surface area contributed by atoms with E-state index in [-0.39, 0.29) is 22.2 Å². The number of hydrogen-bond donors (Lipinski definition) is 2. The second kappa shape index (κ2) is 6.44. The third kappa shape index (κ3) is 4.28. The molecule has 0 aromatic heterocycles. The van der Waals surface area contributed by atoms with Gasteiger partial charge in [-0.15, -0.1) is 6.42 Å². The fourth-order valence-corrected chi connectivity index (χ4v) is 2.39. The minimum atomic E-state index is -3.43. The van der Waals surface area contributed by atoms with Crippen molar-refractivity contribution < 1.29 is 13.2 Å². The van der Waals surface area contributed by atoms with Crippen LogP contribution in [-0.4, -0.2) is 26.6 Å². The average molecular weight is 294 g/mol. The third-order valence-electron chi connectivity index (χ3n) is 2.70. The molecule has 5 nitrogen and oxygen atoms in total. The summed E-state index contributed by atoms with van der Waals surface area (Å²) >= 11 is 0. The van der Waals surface area contributed by atoms with E-state index in [0.717, 1.165) is 12.7 Å². The van der Waals surface area contributed by atoms with Crippen molar-refractivity contribution in [1.82, 2.24) is 5.32 Å². The molecule has 3 N–H and O–H groups in total. The van der Waals surface area contributed by atoms with E-state index in [1.165, 1.54) is 18.2 Å². The fraction of sp³-hybridized carbons (Fsp3) is 0.357. The molecule has 0 fully saturated rings. The normalized spacial score (nSPS) is 12.4. The van der Waals surface area contributed by atoms with E-state index in [1.807, 2.05) is 6.92 Å². The average Bonchev–Trinajstić information content (AvgIpc) is 2.36. The summed E-state index contributed by atoms with van der Waals surface area (Å²) in [6.45, 7) is 1.96. The van der Waals surface area contributed by atoms with Gasteiger partial charge in [0.05, 0.1) is 10.9 Å². The summed E-state index contributed by atoms with van der Waals surface area (Å²) in [5, 5.41) is 2.66. The van der Waals surface area contributed by atoms with Gasteiger partial charge in [0.15, 0.2) is 9.84 Å². The molecule has 0 radical (unpaired) electrons. The van der Waals surface area contributed by atoms with E-state index in [4.69, 9.17) is 12.2 Å². The van der Waals surface area contributed by atoms with Gasteiger partial charge in [-0.2, -0.15) is 0 Å². The molecule has 1 rings (SSSR count). The van der Waals surface area contributed by atoms with Gasteiger partial charge in [0.25, 0.3) is 5.91 Å². The van der Waals surface area contributed by atoms with Crippen LogP contribution in [0.15, 0.2) is 23.1 Å². The fourth-order valence-electron chi connectivity index (χ4n) is 1.69. The van der Waals surface area contributed by atoms with Crippen LogP contribution in [0.25, 0.3) is 0 Å². The van der Waals surface area contributed by atoms with Crippen LogP contribution in [0.4, 0.5) is 5.69 Å². The molecule has 0 bridgehead atoms. The minimum absolute atomic E-state index is 0.00963. The lowest BCUT2D eigenvalue weighted by molar-refractivity contribution is 0.0944. The van der Waals surface area contributed by atoms with Gasteiger partial charge in [0, 0.05) is 17.5 Å². The Morgan fingerprint density at radius 3 is 2.60 bits per heavy atom. The van der Waals surface area contributed by atoms with Crippen molar-refractivity contribution in [2.45, 2.75) is 30.7 Å². The lowest BCUT2D eigenvalue weighted by Gasteiger charge is -2.13. The van der Waals surface area contributed by atoms with E-state index in [1.54, 1.807) is 0 Å². The number of carbonyl (C=O) groups excluding carboxylic acids is 1. The lowest BCUT2D eigenvalue weighted by Crippen LogP contribution is -2.33. The molecule has 1 aromatic rings. The molecule has 0 saturated heterocycles. The molecular weight excluding hydrogens is 276 g/mol. The Bertz CT molecular complexity index is 645. The van der Waals surface area contributed by atoms with Crippen molar-refractivity contribution in [2.75, 3.05) is 12.0 Å². The second-order valence-electron chi connectivity index (χ2n) is 4.54. The van der Waals surface area contributed by atoms with Gasteiger partial charge in [-0.05, 0) is 24.6 Å². The maximum Gasteiger partial charge on any atom is 0.252 e. The van der Waals surface area contributed by atoms with Gasteiger partial charge in [0.2, 0.25) is 0 Å². The van der Waals surface area contributed by atoms with Crippen LogP contribution >= 0.6 is 0 Å². The summed E-state index contributed by atoms with van der Waals surface area (Å²) in [7, 11) is -3.43. The summed E-state index contributed by atoms with van der Waals surface area (Å²) in [5.41, 5.74) is 6.03. The van der Waals surface area contributed by atoms with Gasteiger partial charge >= 0.3 is 0 Å². The first-order valence-electron chi connectivity index (χ1n) is 6.15. The molecule has 0 aliphatic heterocycles. The predicted octanol–water partition coefficient (Wildman–Crippen LogP) is 1.20.